The predicted octanol–water partition coefficient (Wildman–Crippen LogP) is 2.84. The lowest BCUT2D eigenvalue weighted by atomic mass is 10.0. The molecule has 0 amide bonds. The Morgan fingerprint density at radius 3 is 2.17 bits per heavy atom. The van der Waals surface area contributed by atoms with Crippen LogP contribution in [0.1, 0.15) is 25.7 Å². The highest BCUT2D eigenvalue weighted by Gasteiger charge is 2.11. The number of rotatable bonds is 5. The van der Waals surface area contributed by atoms with E-state index >= 15 is 0 Å². The van der Waals surface area contributed by atoms with Gasteiger partial charge in [-0.05, 0) is 25.4 Å². The zero-order valence-corrected chi connectivity index (χ0v) is 12.2. The summed E-state index contributed by atoms with van der Waals surface area (Å²) >= 11 is 1.63. The Morgan fingerprint density at radius 1 is 1.22 bits per heavy atom. The Balaban J connectivity index is 0.000000341. The highest BCUT2D eigenvalue weighted by Crippen LogP contribution is 2.17. The second-order valence-corrected chi connectivity index (χ2v) is 5.31. The molecule has 0 aliphatic heterocycles. The summed E-state index contributed by atoms with van der Waals surface area (Å²) in [5.41, 5.74) is 7.12. The summed E-state index contributed by atoms with van der Waals surface area (Å²) < 4.78 is 0. The van der Waals surface area contributed by atoms with Gasteiger partial charge in [-0.25, -0.2) is 0 Å². The molecule has 1 saturated carbocycles. The molecule has 1 aromatic rings. The predicted molar refractivity (Wildman–Crippen MR) is 82.8 cm³/mol. The molecule has 1 fully saturated rings. The third-order valence-electron chi connectivity index (χ3n) is 2.96. The topological polar surface area (TPSA) is 41.3 Å². The molecule has 0 heterocycles. The van der Waals surface area contributed by atoms with Crippen molar-refractivity contribution >= 4 is 17.4 Å². The van der Waals surface area contributed by atoms with E-state index in [0.717, 1.165) is 12.4 Å². The number of para-hydroxylation sites is 1. The third kappa shape index (κ3) is 5.29. The summed E-state index contributed by atoms with van der Waals surface area (Å²) in [6.07, 6.45) is 8.01. The van der Waals surface area contributed by atoms with Gasteiger partial charge in [0, 0.05) is 5.69 Å². The van der Waals surface area contributed by atoms with Crippen molar-refractivity contribution in [3.05, 3.63) is 30.3 Å². The number of nitrogens with one attached hydrogen (secondary N) is 1. The molecular weight excluding hydrogens is 242 g/mol. The van der Waals surface area contributed by atoms with E-state index < -0.39 is 0 Å². The zero-order valence-electron chi connectivity index (χ0n) is 11.4. The van der Waals surface area contributed by atoms with Crippen LogP contribution < -0.4 is 16.0 Å². The number of hydrogen-bond acceptors (Lipinski definition) is 4. The maximum atomic E-state index is 5.98. The minimum Gasteiger partial charge on any atom is -0.334 e. The Kier molecular flexibility index (Phi) is 7.89. The second kappa shape index (κ2) is 9.25. The zero-order chi connectivity index (χ0) is 13.2. The van der Waals surface area contributed by atoms with Crippen LogP contribution in [-0.2, 0) is 0 Å². The lowest BCUT2D eigenvalue weighted by molar-refractivity contribution is 0.504. The minimum absolute atomic E-state index is 0.00940. The Hall–Kier alpha value is -0.710. The van der Waals surface area contributed by atoms with Gasteiger partial charge >= 0.3 is 0 Å². The molecule has 4 heteroatoms. The van der Waals surface area contributed by atoms with Gasteiger partial charge in [0.25, 0.3) is 0 Å². The van der Waals surface area contributed by atoms with E-state index in [4.69, 9.17) is 5.73 Å². The molecule has 0 saturated heterocycles. The SMILES string of the molecule is C1CCC1.CNCN(c1ccccc1)C(N)SC. The standard InChI is InChI=1S/C10H17N3S.C4H8/c1-12-8-13(10(11)14-2)9-6-4-3-5-7-9;1-2-4-3-1/h3-7,10,12H,8,11H2,1-2H3;1-4H2. The number of thioether (sulfide) groups is 1. The summed E-state index contributed by atoms with van der Waals surface area (Å²) in [4.78, 5) is 2.12. The van der Waals surface area contributed by atoms with E-state index in [2.05, 4.69) is 22.3 Å². The minimum atomic E-state index is -0.00940. The first-order valence-electron chi connectivity index (χ1n) is 6.54. The van der Waals surface area contributed by atoms with E-state index in [0.29, 0.717) is 0 Å². The van der Waals surface area contributed by atoms with E-state index in [1.807, 2.05) is 31.5 Å². The molecule has 0 radical (unpaired) electrons. The molecule has 1 unspecified atom stereocenters. The summed E-state index contributed by atoms with van der Waals surface area (Å²) in [6, 6.07) is 10.2. The van der Waals surface area contributed by atoms with Crippen molar-refractivity contribution in [2.24, 2.45) is 5.73 Å². The maximum absolute atomic E-state index is 5.98. The molecule has 1 aliphatic carbocycles. The van der Waals surface area contributed by atoms with Gasteiger partial charge in [0.1, 0.15) is 5.50 Å². The van der Waals surface area contributed by atoms with Crippen LogP contribution in [0.5, 0.6) is 0 Å². The van der Waals surface area contributed by atoms with Crippen LogP contribution in [0.4, 0.5) is 5.69 Å². The summed E-state index contributed by atoms with van der Waals surface area (Å²) in [5.74, 6) is 0. The van der Waals surface area contributed by atoms with Crippen molar-refractivity contribution in [1.82, 2.24) is 5.32 Å². The number of nitrogens with zero attached hydrogens (tertiary/aromatic N) is 1. The van der Waals surface area contributed by atoms with Gasteiger partial charge in [-0.1, -0.05) is 43.9 Å². The Morgan fingerprint density at radius 2 is 1.78 bits per heavy atom. The van der Waals surface area contributed by atoms with Crippen molar-refractivity contribution in [2.75, 3.05) is 24.9 Å². The van der Waals surface area contributed by atoms with Crippen molar-refractivity contribution in [3.8, 4) is 0 Å². The third-order valence-corrected chi connectivity index (χ3v) is 3.70. The van der Waals surface area contributed by atoms with E-state index in [1.54, 1.807) is 11.8 Å². The summed E-state index contributed by atoms with van der Waals surface area (Å²) in [6.45, 7) is 0.756. The number of benzene rings is 1. The first-order valence-corrected chi connectivity index (χ1v) is 7.83. The van der Waals surface area contributed by atoms with Gasteiger partial charge in [0.05, 0.1) is 6.67 Å². The largest absolute Gasteiger partial charge is 0.334 e. The smallest absolute Gasteiger partial charge is 0.126 e. The number of hydrogen-bond donors (Lipinski definition) is 2. The highest BCUT2D eigenvalue weighted by atomic mass is 32.2. The fraction of sp³-hybridized carbons (Fsp3) is 0.571. The average Bonchev–Trinajstić information content (AvgIpc) is 2.34. The second-order valence-electron chi connectivity index (χ2n) is 4.36. The van der Waals surface area contributed by atoms with Crippen LogP contribution in [-0.4, -0.2) is 25.5 Å². The van der Waals surface area contributed by atoms with E-state index in [-0.39, 0.29) is 5.50 Å². The summed E-state index contributed by atoms with van der Waals surface area (Å²) in [5, 5.41) is 3.11. The highest BCUT2D eigenvalue weighted by molar-refractivity contribution is 7.99. The van der Waals surface area contributed by atoms with E-state index in [1.165, 1.54) is 25.7 Å². The van der Waals surface area contributed by atoms with Gasteiger partial charge in [0.15, 0.2) is 0 Å². The van der Waals surface area contributed by atoms with Gasteiger partial charge in [-0.2, -0.15) is 0 Å². The quantitative estimate of drug-likeness (QED) is 0.805. The molecule has 1 aliphatic rings. The van der Waals surface area contributed by atoms with Crippen LogP contribution in [0, 0.1) is 0 Å². The molecule has 1 aromatic carbocycles. The van der Waals surface area contributed by atoms with Gasteiger partial charge < -0.3 is 16.0 Å². The van der Waals surface area contributed by atoms with Crippen LogP contribution in [0.3, 0.4) is 0 Å². The number of anilines is 1. The van der Waals surface area contributed by atoms with Crippen LogP contribution in [0.2, 0.25) is 0 Å². The van der Waals surface area contributed by atoms with Crippen LogP contribution in [0.25, 0.3) is 0 Å². The monoisotopic (exact) mass is 267 g/mol. The molecule has 3 N–H and O–H groups in total. The maximum Gasteiger partial charge on any atom is 0.126 e. The lowest BCUT2D eigenvalue weighted by Crippen LogP contribution is -2.44. The van der Waals surface area contributed by atoms with Crippen molar-refractivity contribution < 1.29 is 0 Å². The molecule has 3 nitrogen and oxygen atoms in total. The van der Waals surface area contributed by atoms with Gasteiger partial charge in [-0.3, -0.25) is 0 Å². The molecule has 18 heavy (non-hydrogen) atoms. The molecule has 102 valence electrons. The van der Waals surface area contributed by atoms with E-state index in [9.17, 15) is 0 Å². The van der Waals surface area contributed by atoms with Crippen molar-refractivity contribution in [3.63, 3.8) is 0 Å². The molecule has 0 spiro atoms. The Bertz CT molecular complexity index is 297. The lowest BCUT2D eigenvalue weighted by Gasteiger charge is -2.29. The van der Waals surface area contributed by atoms with Crippen molar-refractivity contribution in [1.29, 1.82) is 0 Å². The molecule has 0 bridgehead atoms. The first-order chi connectivity index (χ1) is 8.79. The summed E-state index contributed by atoms with van der Waals surface area (Å²) in [7, 11) is 1.92. The van der Waals surface area contributed by atoms with Crippen LogP contribution in [0.15, 0.2) is 30.3 Å². The van der Waals surface area contributed by atoms with Gasteiger partial charge in [0.2, 0.25) is 0 Å². The fourth-order valence-electron chi connectivity index (χ4n) is 1.50. The fourth-order valence-corrected chi connectivity index (χ4v) is 1.95. The molecular formula is C14H25N3S. The molecule has 0 aromatic heterocycles. The molecule has 1 atom stereocenters. The van der Waals surface area contributed by atoms with Crippen molar-refractivity contribution in [2.45, 2.75) is 31.2 Å². The average molecular weight is 267 g/mol. The Labute approximate surface area is 115 Å². The van der Waals surface area contributed by atoms with Crippen LogP contribution >= 0.6 is 11.8 Å². The number of nitrogens with two attached hydrogens (primary N) is 1. The van der Waals surface area contributed by atoms with Gasteiger partial charge in [-0.15, -0.1) is 11.8 Å². The molecule has 2 rings (SSSR count). The normalized spacial score (nSPS) is 15.1. The first kappa shape index (κ1) is 15.3.